The molecule has 1 aromatic carbocycles. The number of ether oxygens (including phenoxy) is 1. The SMILES string of the molecule is C/C=C(/C=C1\SC(=S)N(CC(=O)NC(C)C(=O)O)C1=O)OCc1cc(C)ccc1Cl. The second kappa shape index (κ2) is 10.6. The van der Waals surface area contributed by atoms with Gasteiger partial charge in [-0.2, -0.15) is 0 Å². The lowest BCUT2D eigenvalue weighted by molar-refractivity contribution is -0.141. The second-order valence-electron chi connectivity index (χ2n) is 6.47. The third kappa shape index (κ3) is 6.32. The maximum Gasteiger partial charge on any atom is 0.325 e. The van der Waals surface area contributed by atoms with Crippen LogP contribution in [-0.2, 0) is 25.7 Å². The van der Waals surface area contributed by atoms with Crippen molar-refractivity contribution in [2.24, 2.45) is 0 Å². The molecule has 0 spiro atoms. The molecule has 1 atom stereocenters. The smallest absolute Gasteiger partial charge is 0.325 e. The number of hydrogen-bond donors (Lipinski definition) is 2. The number of allylic oxidation sites excluding steroid dienone is 2. The van der Waals surface area contributed by atoms with E-state index in [-0.39, 0.29) is 17.5 Å². The number of aryl methyl sites for hydroxylation is 1. The largest absolute Gasteiger partial charge is 0.489 e. The van der Waals surface area contributed by atoms with Gasteiger partial charge in [0.2, 0.25) is 5.91 Å². The maximum absolute atomic E-state index is 12.6. The van der Waals surface area contributed by atoms with Gasteiger partial charge in [0.25, 0.3) is 5.91 Å². The Morgan fingerprint density at radius 1 is 1.43 bits per heavy atom. The lowest BCUT2D eigenvalue weighted by atomic mass is 10.1. The number of amides is 2. The van der Waals surface area contributed by atoms with Crippen molar-refractivity contribution in [3.63, 3.8) is 0 Å². The first kappa shape index (κ1) is 23.9. The van der Waals surface area contributed by atoms with Crippen LogP contribution in [0.3, 0.4) is 0 Å². The lowest BCUT2D eigenvalue weighted by Crippen LogP contribution is -2.45. The van der Waals surface area contributed by atoms with E-state index in [0.29, 0.717) is 15.7 Å². The third-order valence-electron chi connectivity index (χ3n) is 4.08. The van der Waals surface area contributed by atoms with E-state index in [0.717, 1.165) is 27.8 Å². The number of carbonyl (C=O) groups is 3. The van der Waals surface area contributed by atoms with Gasteiger partial charge in [-0.1, -0.05) is 53.3 Å². The van der Waals surface area contributed by atoms with Crippen molar-refractivity contribution in [3.05, 3.63) is 57.2 Å². The number of thiocarbonyl (C=S) groups is 1. The maximum atomic E-state index is 12.6. The molecule has 1 aliphatic heterocycles. The van der Waals surface area contributed by atoms with Crippen molar-refractivity contribution in [1.29, 1.82) is 0 Å². The molecule has 0 radical (unpaired) electrons. The summed E-state index contributed by atoms with van der Waals surface area (Å²) in [6.45, 7) is 4.93. The molecule has 160 valence electrons. The molecule has 0 bridgehead atoms. The van der Waals surface area contributed by atoms with E-state index in [4.69, 9.17) is 33.7 Å². The first-order chi connectivity index (χ1) is 14.1. The van der Waals surface area contributed by atoms with Gasteiger partial charge >= 0.3 is 5.97 Å². The molecule has 2 rings (SSSR count). The standard InChI is InChI=1S/C20H21ClN2O5S2/c1-4-14(28-10-13-7-11(2)5-6-15(13)21)8-16-18(25)23(20(29)30-16)9-17(24)22-12(3)19(26)27/h4-8,12H,9-10H2,1-3H3,(H,22,24)(H,26,27)/b14-4-,16-8-. The van der Waals surface area contributed by atoms with Crippen molar-refractivity contribution in [2.75, 3.05) is 6.54 Å². The Balaban J connectivity index is 2.04. The van der Waals surface area contributed by atoms with Crippen molar-refractivity contribution < 1.29 is 24.2 Å². The van der Waals surface area contributed by atoms with Crippen LogP contribution in [-0.4, -0.2) is 44.7 Å². The van der Waals surface area contributed by atoms with Gasteiger partial charge in [0.05, 0.1) is 4.91 Å². The van der Waals surface area contributed by atoms with Crippen LogP contribution < -0.4 is 5.32 Å². The van der Waals surface area contributed by atoms with Crippen LogP contribution in [0.25, 0.3) is 0 Å². The predicted molar refractivity (Wildman–Crippen MR) is 120 cm³/mol. The third-order valence-corrected chi connectivity index (χ3v) is 5.82. The van der Waals surface area contributed by atoms with E-state index in [1.807, 2.05) is 19.1 Å². The van der Waals surface area contributed by atoms with Crippen LogP contribution in [0.15, 0.2) is 41.0 Å². The minimum absolute atomic E-state index is 0.210. The van der Waals surface area contributed by atoms with Gasteiger partial charge < -0.3 is 15.2 Å². The van der Waals surface area contributed by atoms with Crippen LogP contribution in [0.4, 0.5) is 0 Å². The molecule has 0 aliphatic carbocycles. The van der Waals surface area contributed by atoms with Crippen molar-refractivity contribution in [3.8, 4) is 0 Å². The van der Waals surface area contributed by atoms with E-state index >= 15 is 0 Å². The number of hydrogen-bond acceptors (Lipinski definition) is 6. The Hall–Kier alpha value is -2.36. The summed E-state index contributed by atoms with van der Waals surface area (Å²) >= 11 is 12.4. The Morgan fingerprint density at radius 2 is 2.13 bits per heavy atom. The Morgan fingerprint density at radius 3 is 2.77 bits per heavy atom. The fraction of sp³-hybridized carbons (Fsp3) is 0.300. The molecule has 7 nitrogen and oxygen atoms in total. The van der Waals surface area contributed by atoms with E-state index in [9.17, 15) is 14.4 Å². The molecule has 0 aromatic heterocycles. The number of carbonyl (C=O) groups excluding carboxylic acids is 2. The summed E-state index contributed by atoms with van der Waals surface area (Å²) in [6.07, 6.45) is 3.26. The fourth-order valence-corrected chi connectivity index (χ4v) is 3.85. The van der Waals surface area contributed by atoms with Gasteiger partial charge in [-0.3, -0.25) is 19.3 Å². The van der Waals surface area contributed by atoms with Gasteiger partial charge in [-0.05, 0) is 39.0 Å². The Bertz CT molecular complexity index is 945. The van der Waals surface area contributed by atoms with Crippen LogP contribution in [0.5, 0.6) is 0 Å². The number of thioether (sulfide) groups is 1. The molecule has 10 heteroatoms. The molecule has 1 aromatic rings. The number of halogens is 1. The molecular formula is C20H21ClN2O5S2. The summed E-state index contributed by atoms with van der Waals surface area (Å²) in [6, 6.07) is 4.56. The van der Waals surface area contributed by atoms with Crippen molar-refractivity contribution in [1.82, 2.24) is 10.2 Å². The summed E-state index contributed by atoms with van der Waals surface area (Å²) in [4.78, 5) is 36.9. The first-order valence-corrected chi connectivity index (χ1v) is 10.5. The van der Waals surface area contributed by atoms with Gasteiger partial charge in [0.1, 0.15) is 29.3 Å². The first-order valence-electron chi connectivity index (χ1n) is 8.94. The van der Waals surface area contributed by atoms with E-state index in [1.54, 1.807) is 25.1 Å². The Labute approximate surface area is 189 Å². The number of nitrogens with zero attached hydrogens (tertiary/aromatic N) is 1. The number of rotatable bonds is 8. The van der Waals surface area contributed by atoms with E-state index in [2.05, 4.69) is 5.32 Å². The number of nitrogens with one attached hydrogen (secondary N) is 1. The number of carboxylic acid groups (broad SMARTS) is 1. The monoisotopic (exact) mass is 468 g/mol. The van der Waals surface area contributed by atoms with Crippen LogP contribution >= 0.6 is 35.6 Å². The Kier molecular flexibility index (Phi) is 8.45. The van der Waals surface area contributed by atoms with Crippen LogP contribution in [0.1, 0.15) is 25.0 Å². The number of carboxylic acids is 1. The van der Waals surface area contributed by atoms with Crippen LogP contribution in [0, 0.1) is 6.92 Å². The number of aliphatic carboxylic acids is 1. The average Bonchev–Trinajstić information content (AvgIpc) is 2.94. The molecule has 2 N–H and O–H groups in total. The second-order valence-corrected chi connectivity index (χ2v) is 8.55. The highest BCUT2D eigenvalue weighted by molar-refractivity contribution is 8.26. The number of benzene rings is 1. The van der Waals surface area contributed by atoms with Gasteiger partial charge in [0.15, 0.2) is 0 Å². The summed E-state index contributed by atoms with van der Waals surface area (Å²) in [5, 5.41) is 11.7. The topological polar surface area (TPSA) is 95.9 Å². The quantitative estimate of drug-likeness (QED) is 0.343. The van der Waals surface area contributed by atoms with Gasteiger partial charge in [-0.15, -0.1) is 0 Å². The minimum Gasteiger partial charge on any atom is -0.489 e. The molecular weight excluding hydrogens is 448 g/mol. The summed E-state index contributed by atoms with van der Waals surface area (Å²) in [5.41, 5.74) is 1.87. The molecule has 1 fully saturated rings. The zero-order valence-corrected chi connectivity index (χ0v) is 19.0. The lowest BCUT2D eigenvalue weighted by Gasteiger charge is -2.15. The van der Waals surface area contributed by atoms with Crippen molar-refractivity contribution in [2.45, 2.75) is 33.4 Å². The zero-order chi connectivity index (χ0) is 22.4. The molecule has 0 saturated carbocycles. The van der Waals surface area contributed by atoms with E-state index in [1.165, 1.54) is 6.92 Å². The van der Waals surface area contributed by atoms with E-state index < -0.39 is 23.8 Å². The van der Waals surface area contributed by atoms with Gasteiger partial charge in [0, 0.05) is 10.6 Å². The molecule has 1 heterocycles. The summed E-state index contributed by atoms with van der Waals surface area (Å²) < 4.78 is 5.99. The molecule has 1 saturated heterocycles. The molecule has 2 amide bonds. The zero-order valence-electron chi connectivity index (χ0n) is 16.6. The summed E-state index contributed by atoms with van der Waals surface area (Å²) in [7, 11) is 0. The molecule has 1 aliphatic rings. The molecule has 30 heavy (non-hydrogen) atoms. The summed E-state index contributed by atoms with van der Waals surface area (Å²) in [5.74, 6) is -1.77. The van der Waals surface area contributed by atoms with Crippen molar-refractivity contribution >= 4 is 57.7 Å². The highest BCUT2D eigenvalue weighted by Gasteiger charge is 2.34. The van der Waals surface area contributed by atoms with Gasteiger partial charge in [-0.25, -0.2) is 0 Å². The highest BCUT2D eigenvalue weighted by Crippen LogP contribution is 2.32. The predicted octanol–water partition coefficient (Wildman–Crippen LogP) is 3.40. The van der Waals surface area contributed by atoms with Crippen LogP contribution in [0.2, 0.25) is 5.02 Å². The molecule has 1 unspecified atom stereocenters. The average molecular weight is 469 g/mol. The highest BCUT2D eigenvalue weighted by atomic mass is 35.5. The normalized spacial score (nSPS) is 16.7. The minimum atomic E-state index is -1.17. The fourth-order valence-electron chi connectivity index (χ4n) is 2.44.